The maximum atomic E-state index is 12.6. The van der Waals surface area contributed by atoms with Crippen LogP contribution in [0.4, 0.5) is 0 Å². The molecule has 0 amide bonds. The van der Waals surface area contributed by atoms with Gasteiger partial charge in [0.15, 0.2) is 0 Å². The van der Waals surface area contributed by atoms with Crippen molar-refractivity contribution in [2.24, 2.45) is 0 Å². The number of nitrogens with one attached hydrogen (secondary N) is 2. The lowest BCUT2D eigenvalue weighted by Crippen LogP contribution is -2.32. The van der Waals surface area contributed by atoms with Gasteiger partial charge in [0.2, 0.25) is 10.0 Å². The van der Waals surface area contributed by atoms with Gasteiger partial charge in [-0.25, -0.2) is 13.1 Å². The van der Waals surface area contributed by atoms with Crippen molar-refractivity contribution in [3.63, 3.8) is 0 Å². The summed E-state index contributed by atoms with van der Waals surface area (Å²) in [6, 6.07) is 0. The van der Waals surface area contributed by atoms with E-state index in [4.69, 9.17) is 0 Å². The first-order valence-electron chi connectivity index (χ1n) is 7.26. The molecule has 1 aliphatic rings. The van der Waals surface area contributed by atoms with E-state index >= 15 is 0 Å². The van der Waals surface area contributed by atoms with Gasteiger partial charge in [-0.05, 0) is 49.9 Å². The molecule has 0 radical (unpaired) electrons. The topological polar surface area (TPSA) is 58.2 Å². The summed E-state index contributed by atoms with van der Waals surface area (Å²) in [5.74, 6) is 0. The number of hydrogen-bond acceptors (Lipinski definition) is 5. The molecule has 2 rings (SSSR count). The molecule has 120 valence electrons. The monoisotopic (exact) mass is 348 g/mol. The molecule has 0 atom stereocenters. The van der Waals surface area contributed by atoms with Gasteiger partial charge >= 0.3 is 0 Å². The fourth-order valence-corrected chi connectivity index (χ4v) is 5.96. The zero-order valence-electron chi connectivity index (χ0n) is 12.9. The third-order valence-electron chi connectivity index (χ3n) is 3.80. The van der Waals surface area contributed by atoms with Crippen LogP contribution >= 0.6 is 23.1 Å². The first-order valence-corrected chi connectivity index (χ1v) is 10.9. The van der Waals surface area contributed by atoms with Crippen LogP contribution in [-0.2, 0) is 16.6 Å². The van der Waals surface area contributed by atoms with E-state index in [1.54, 1.807) is 11.8 Å². The van der Waals surface area contributed by atoms with Gasteiger partial charge in [-0.3, -0.25) is 0 Å². The number of rotatable bonds is 9. The first kappa shape index (κ1) is 17.3. The van der Waals surface area contributed by atoms with Gasteiger partial charge in [0.05, 0.1) is 0 Å². The normalized spacial score (nSPS) is 17.1. The highest BCUT2D eigenvalue weighted by atomic mass is 32.2. The first-order chi connectivity index (χ1) is 9.94. The second-order valence-electron chi connectivity index (χ2n) is 5.56. The van der Waals surface area contributed by atoms with Crippen molar-refractivity contribution in [1.29, 1.82) is 0 Å². The van der Waals surface area contributed by atoms with Gasteiger partial charge in [0, 0.05) is 22.7 Å². The largest absolute Gasteiger partial charge is 0.312 e. The highest BCUT2D eigenvalue weighted by Gasteiger charge is 2.42. The minimum atomic E-state index is -3.41. The Labute approximate surface area is 136 Å². The van der Waals surface area contributed by atoms with Crippen LogP contribution in [0.5, 0.6) is 0 Å². The molecule has 0 saturated heterocycles. The van der Waals surface area contributed by atoms with E-state index in [0.29, 0.717) is 18.0 Å². The summed E-state index contributed by atoms with van der Waals surface area (Å²) in [4.78, 5) is 1.38. The average Bonchev–Trinajstić information content (AvgIpc) is 3.14. The molecule has 1 saturated carbocycles. The summed E-state index contributed by atoms with van der Waals surface area (Å²) in [7, 11) is -3.41. The summed E-state index contributed by atoms with van der Waals surface area (Å²) >= 11 is 3.29. The molecule has 0 aromatic carbocycles. The van der Waals surface area contributed by atoms with Gasteiger partial charge in [-0.1, -0.05) is 6.92 Å². The lowest BCUT2D eigenvalue weighted by molar-refractivity contribution is 0.577. The Balaban J connectivity index is 2.09. The molecule has 0 bridgehead atoms. The fourth-order valence-electron chi connectivity index (χ4n) is 2.24. The molecule has 0 spiro atoms. The second kappa shape index (κ2) is 7.00. The number of aryl methyl sites for hydroxylation is 1. The summed E-state index contributed by atoms with van der Waals surface area (Å²) in [6.45, 7) is 6.03. The van der Waals surface area contributed by atoms with Gasteiger partial charge in [0.1, 0.15) is 4.90 Å². The zero-order chi connectivity index (χ0) is 15.5. The summed E-state index contributed by atoms with van der Waals surface area (Å²) < 4.78 is 28.2. The SMILES string of the molecule is CCCNCc1scc(C)c1S(=O)(=O)NCC1(SC)CC1. The summed E-state index contributed by atoms with van der Waals surface area (Å²) in [6.07, 6.45) is 5.30. The Morgan fingerprint density at radius 3 is 2.71 bits per heavy atom. The number of thiophene rings is 1. The Morgan fingerprint density at radius 1 is 1.43 bits per heavy atom. The van der Waals surface area contributed by atoms with Crippen LogP contribution in [0.2, 0.25) is 0 Å². The van der Waals surface area contributed by atoms with E-state index < -0.39 is 10.0 Å². The van der Waals surface area contributed by atoms with Crippen LogP contribution in [-0.4, -0.2) is 32.5 Å². The molecule has 1 aromatic rings. The van der Waals surface area contributed by atoms with E-state index in [1.807, 2.05) is 12.3 Å². The standard InChI is InChI=1S/C14H24N2O2S3/c1-4-7-15-8-12-13(11(2)9-20-12)21(17,18)16-10-14(19-3)5-6-14/h9,15-16H,4-8,10H2,1-3H3. The molecule has 0 unspecified atom stereocenters. The quantitative estimate of drug-likeness (QED) is 0.674. The molecule has 1 aromatic heterocycles. The summed E-state index contributed by atoms with van der Waals surface area (Å²) in [5, 5.41) is 5.22. The Hall–Kier alpha value is -0.0800. The van der Waals surface area contributed by atoms with Gasteiger partial charge in [-0.15, -0.1) is 11.3 Å². The van der Waals surface area contributed by atoms with Crippen LogP contribution in [0, 0.1) is 6.92 Å². The predicted molar refractivity (Wildman–Crippen MR) is 91.7 cm³/mol. The molecule has 4 nitrogen and oxygen atoms in total. The Kier molecular flexibility index (Phi) is 5.76. The van der Waals surface area contributed by atoms with Crippen molar-refractivity contribution in [2.45, 2.75) is 49.3 Å². The maximum absolute atomic E-state index is 12.6. The van der Waals surface area contributed by atoms with Crippen molar-refractivity contribution in [1.82, 2.24) is 10.0 Å². The minimum absolute atomic E-state index is 0.137. The molecule has 0 aliphatic heterocycles. The molecule has 1 fully saturated rings. The van der Waals surface area contributed by atoms with E-state index in [2.05, 4.69) is 23.2 Å². The third-order valence-corrected chi connectivity index (χ3v) is 8.08. The van der Waals surface area contributed by atoms with Crippen molar-refractivity contribution >= 4 is 33.1 Å². The zero-order valence-corrected chi connectivity index (χ0v) is 15.3. The molecule has 1 heterocycles. The lowest BCUT2D eigenvalue weighted by Gasteiger charge is -2.14. The molecular formula is C14H24N2O2S3. The highest BCUT2D eigenvalue weighted by molar-refractivity contribution is 8.00. The minimum Gasteiger partial charge on any atom is -0.312 e. The molecule has 2 N–H and O–H groups in total. The van der Waals surface area contributed by atoms with Crippen LogP contribution in [0.1, 0.15) is 36.6 Å². The van der Waals surface area contributed by atoms with Gasteiger partial charge in [-0.2, -0.15) is 11.8 Å². The van der Waals surface area contributed by atoms with Crippen molar-refractivity contribution in [3.05, 3.63) is 15.8 Å². The van der Waals surface area contributed by atoms with Gasteiger partial charge < -0.3 is 5.32 Å². The molecule has 21 heavy (non-hydrogen) atoms. The summed E-state index contributed by atoms with van der Waals surface area (Å²) in [5.41, 5.74) is 0.842. The van der Waals surface area contributed by atoms with Crippen LogP contribution in [0.15, 0.2) is 10.3 Å². The highest BCUT2D eigenvalue weighted by Crippen LogP contribution is 2.46. The number of thioether (sulfide) groups is 1. The smallest absolute Gasteiger partial charge is 0.242 e. The molecule has 7 heteroatoms. The fraction of sp³-hybridized carbons (Fsp3) is 0.714. The Morgan fingerprint density at radius 2 is 2.14 bits per heavy atom. The van der Waals surface area contributed by atoms with Crippen molar-refractivity contribution in [2.75, 3.05) is 19.3 Å². The van der Waals surface area contributed by atoms with E-state index in [1.165, 1.54) is 11.3 Å². The van der Waals surface area contributed by atoms with Crippen LogP contribution in [0.25, 0.3) is 0 Å². The number of sulfonamides is 1. The van der Waals surface area contributed by atoms with Crippen LogP contribution < -0.4 is 10.0 Å². The van der Waals surface area contributed by atoms with E-state index in [9.17, 15) is 8.42 Å². The predicted octanol–water partition coefficient (Wildman–Crippen LogP) is 2.73. The lowest BCUT2D eigenvalue weighted by atomic mass is 10.3. The van der Waals surface area contributed by atoms with Crippen molar-refractivity contribution < 1.29 is 8.42 Å². The third kappa shape index (κ3) is 4.22. The second-order valence-corrected chi connectivity index (χ2v) is 9.50. The van der Waals surface area contributed by atoms with Crippen molar-refractivity contribution in [3.8, 4) is 0 Å². The van der Waals surface area contributed by atoms with E-state index in [-0.39, 0.29) is 4.75 Å². The molecular weight excluding hydrogens is 324 g/mol. The van der Waals surface area contributed by atoms with Gasteiger partial charge in [0.25, 0.3) is 0 Å². The van der Waals surface area contributed by atoms with Crippen LogP contribution in [0.3, 0.4) is 0 Å². The average molecular weight is 349 g/mol. The van der Waals surface area contributed by atoms with E-state index in [0.717, 1.165) is 36.2 Å². The molecule has 1 aliphatic carbocycles. The maximum Gasteiger partial charge on any atom is 0.242 e. The Bertz CT molecular complexity index is 577. The number of hydrogen-bond donors (Lipinski definition) is 2.